The van der Waals surface area contributed by atoms with Crippen LogP contribution >= 0.6 is 0 Å². The number of nitrogens with two attached hydrogens (primary N) is 1. The van der Waals surface area contributed by atoms with Gasteiger partial charge in [-0.25, -0.2) is 15.2 Å². The van der Waals surface area contributed by atoms with Gasteiger partial charge in [-0.2, -0.15) is 0 Å². The van der Waals surface area contributed by atoms with Gasteiger partial charge in [0.25, 0.3) is 0 Å². The third kappa shape index (κ3) is 2.09. The zero-order chi connectivity index (χ0) is 13.3. The van der Waals surface area contributed by atoms with E-state index in [0.717, 1.165) is 10.9 Å². The van der Waals surface area contributed by atoms with E-state index in [1.54, 1.807) is 6.07 Å². The van der Waals surface area contributed by atoms with Crippen molar-refractivity contribution in [2.75, 3.05) is 12.5 Å². The summed E-state index contributed by atoms with van der Waals surface area (Å²) in [5, 5.41) is 0.830. The number of ether oxygens (including phenoxy) is 1. The maximum absolute atomic E-state index is 13.6. The van der Waals surface area contributed by atoms with E-state index in [9.17, 15) is 4.39 Å². The first-order valence-electron chi connectivity index (χ1n) is 5.71. The highest BCUT2D eigenvalue weighted by molar-refractivity contribution is 5.83. The Labute approximate surface area is 105 Å². The van der Waals surface area contributed by atoms with E-state index in [1.807, 2.05) is 19.9 Å². The molecule has 2 rings (SSSR count). The lowest BCUT2D eigenvalue weighted by molar-refractivity contribution is 0.387. The largest absolute Gasteiger partial charge is 0.494 e. The second kappa shape index (κ2) is 4.78. The fraction of sp³-hybridized carbons (Fsp3) is 0.308. The van der Waals surface area contributed by atoms with Crippen LogP contribution in [0.5, 0.6) is 5.75 Å². The van der Waals surface area contributed by atoms with Crippen LogP contribution in [0.15, 0.2) is 18.2 Å². The Morgan fingerprint density at radius 1 is 1.33 bits per heavy atom. The number of anilines is 1. The molecule has 0 aliphatic rings. The first-order valence-corrected chi connectivity index (χ1v) is 5.71. The average Bonchev–Trinajstić information content (AvgIpc) is 2.36. The van der Waals surface area contributed by atoms with Crippen molar-refractivity contribution in [1.29, 1.82) is 0 Å². The second-order valence-electron chi connectivity index (χ2n) is 4.40. The number of methoxy groups -OCH3 is 1. The Kier molecular flexibility index (Phi) is 3.34. The first kappa shape index (κ1) is 12.6. The zero-order valence-corrected chi connectivity index (χ0v) is 10.6. The molecule has 0 aliphatic carbocycles. The van der Waals surface area contributed by atoms with Crippen molar-refractivity contribution in [1.82, 2.24) is 4.98 Å². The van der Waals surface area contributed by atoms with Crippen LogP contribution in [0, 0.1) is 5.82 Å². The molecule has 2 aromatic rings. The predicted molar refractivity (Wildman–Crippen MR) is 70.2 cm³/mol. The number of hydrogen-bond acceptors (Lipinski definition) is 4. The average molecular weight is 249 g/mol. The summed E-state index contributed by atoms with van der Waals surface area (Å²) >= 11 is 0. The van der Waals surface area contributed by atoms with Gasteiger partial charge >= 0.3 is 0 Å². The van der Waals surface area contributed by atoms with E-state index < -0.39 is 5.82 Å². The van der Waals surface area contributed by atoms with E-state index in [-0.39, 0.29) is 11.7 Å². The SMILES string of the molecule is COc1cc2cc(C(C)C)c(NN)nc2cc1F. The van der Waals surface area contributed by atoms with Gasteiger partial charge in [-0.1, -0.05) is 13.8 Å². The molecule has 18 heavy (non-hydrogen) atoms. The highest BCUT2D eigenvalue weighted by atomic mass is 19.1. The van der Waals surface area contributed by atoms with Gasteiger partial charge in [0.15, 0.2) is 11.6 Å². The standard InChI is InChI=1S/C13H16FN3O/c1-7(2)9-4-8-5-12(18-3)10(14)6-11(8)16-13(9)17-15/h4-7H,15H2,1-3H3,(H,16,17). The monoisotopic (exact) mass is 249 g/mol. The van der Waals surface area contributed by atoms with E-state index >= 15 is 0 Å². The summed E-state index contributed by atoms with van der Waals surface area (Å²) in [6.45, 7) is 4.09. The van der Waals surface area contributed by atoms with Crippen LogP contribution in [0.4, 0.5) is 10.2 Å². The van der Waals surface area contributed by atoms with E-state index in [4.69, 9.17) is 10.6 Å². The van der Waals surface area contributed by atoms with Crippen molar-refractivity contribution in [2.24, 2.45) is 5.84 Å². The molecule has 1 heterocycles. The van der Waals surface area contributed by atoms with Crippen LogP contribution in [-0.4, -0.2) is 12.1 Å². The van der Waals surface area contributed by atoms with Crippen molar-refractivity contribution in [3.8, 4) is 5.75 Å². The molecule has 0 saturated heterocycles. The first-order chi connectivity index (χ1) is 8.56. The highest BCUT2D eigenvalue weighted by Gasteiger charge is 2.12. The van der Waals surface area contributed by atoms with Crippen molar-refractivity contribution in [3.05, 3.63) is 29.6 Å². The Balaban J connectivity index is 2.71. The van der Waals surface area contributed by atoms with Crippen molar-refractivity contribution >= 4 is 16.7 Å². The molecule has 0 aliphatic heterocycles. The lowest BCUT2D eigenvalue weighted by Crippen LogP contribution is -2.12. The number of rotatable bonds is 3. The third-order valence-corrected chi connectivity index (χ3v) is 2.88. The van der Waals surface area contributed by atoms with Crippen LogP contribution in [0.3, 0.4) is 0 Å². The minimum absolute atomic E-state index is 0.215. The quantitative estimate of drug-likeness (QED) is 0.648. The molecule has 0 fully saturated rings. The summed E-state index contributed by atoms with van der Waals surface area (Å²) in [6.07, 6.45) is 0. The lowest BCUT2D eigenvalue weighted by Gasteiger charge is -2.13. The van der Waals surface area contributed by atoms with Gasteiger partial charge in [0.05, 0.1) is 12.6 Å². The fourth-order valence-corrected chi connectivity index (χ4v) is 1.90. The molecule has 0 atom stereocenters. The minimum Gasteiger partial charge on any atom is -0.494 e. The fourth-order valence-electron chi connectivity index (χ4n) is 1.90. The summed E-state index contributed by atoms with van der Waals surface area (Å²) < 4.78 is 18.6. The van der Waals surface area contributed by atoms with Gasteiger partial charge in [0.2, 0.25) is 0 Å². The molecule has 1 aromatic carbocycles. The molecule has 0 saturated carbocycles. The molecule has 1 aromatic heterocycles. The number of nitrogens with zero attached hydrogens (tertiary/aromatic N) is 1. The second-order valence-corrected chi connectivity index (χ2v) is 4.40. The molecule has 0 amide bonds. The van der Waals surface area contributed by atoms with E-state index in [2.05, 4.69) is 10.4 Å². The summed E-state index contributed by atoms with van der Waals surface area (Å²) in [4.78, 5) is 4.32. The number of aromatic nitrogens is 1. The summed E-state index contributed by atoms with van der Waals surface area (Å²) in [5.74, 6) is 6.06. The smallest absolute Gasteiger partial charge is 0.167 e. The zero-order valence-electron chi connectivity index (χ0n) is 10.6. The number of hydrogen-bond donors (Lipinski definition) is 2. The highest BCUT2D eigenvalue weighted by Crippen LogP contribution is 2.29. The summed E-state index contributed by atoms with van der Waals surface area (Å²) in [6, 6.07) is 4.94. The maximum atomic E-state index is 13.6. The Bertz CT molecular complexity index is 584. The maximum Gasteiger partial charge on any atom is 0.167 e. The van der Waals surface area contributed by atoms with Crippen LogP contribution in [0.25, 0.3) is 10.9 Å². The van der Waals surface area contributed by atoms with Crippen LogP contribution in [0.2, 0.25) is 0 Å². The van der Waals surface area contributed by atoms with E-state index in [0.29, 0.717) is 11.3 Å². The third-order valence-electron chi connectivity index (χ3n) is 2.88. The molecule has 96 valence electrons. The van der Waals surface area contributed by atoms with Crippen LogP contribution < -0.4 is 16.0 Å². The van der Waals surface area contributed by atoms with Gasteiger partial charge in [0.1, 0.15) is 5.82 Å². The van der Waals surface area contributed by atoms with Crippen molar-refractivity contribution in [3.63, 3.8) is 0 Å². The van der Waals surface area contributed by atoms with Gasteiger partial charge in [-0.15, -0.1) is 0 Å². The molecule has 4 nitrogen and oxygen atoms in total. The predicted octanol–water partition coefficient (Wildman–Crippen LogP) is 2.79. The number of fused-ring (bicyclic) bond motifs is 1. The topological polar surface area (TPSA) is 60.2 Å². The molecule has 0 bridgehead atoms. The van der Waals surface area contributed by atoms with Crippen LogP contribution in [-0.2, 0) is 0 Å². The minimum atomic E-state index is -0.433. The van der Waals surface area contributed by atoms with Gasteiger partial charge in [-0.3, -0.25) is 0 Å². The molecular formula is C13H16FN3O. The number of hydrazine groups is 1. The molecule has 5 heteroatoms. The van der Waals surface area contributed by atoms with Crippen LogP contribution in [0.1, 0.15) is 25.3 Å². The number of halogens is 1. The molecule has 0 unspecified atom stereocenters. The lowest BCUT2D eigenvalue weighted by atomic mass is 10.0. The normalized spacial score (nSPS) is 11.0. The molecule has 0 spiro atoms. The van der Waals surface area contributed by atoms with Gasteiger partial charge in [-0.05, 0) is 23.6 Å². The summed E-state index contributed by atoms with van der Waals surface area (Å²) in [5.41, 5.74) is 4.08. The van der Waals surface area contributed by atoms with Gasteiger partial charge < -0.3 is 10.2 Å². The number of benzene rings is 1. The Morgan fingerprint density at radius 3 is 2.61 bits per heavy atom. The molecular weight excluding hydrogens is 233 g/mol. The summed E-state index contributed by atoms with van der Waals surface area (Å²) in [7, 11) is 1.44. The van der Waals surface area contributed by atoms with Crippen molar-refractivity contribution < 1.29 is 9.13 Å². The number of nitrogen functional groups attached to an aromatic ring is 1. The van der Waals surface area contributed by atoms with E-state index in [1.165, 1.54) is 13.2 Å². The Hall–Kier alpha value is -1.88. The molecule has 0 radical (unpaired) electrons. The van der Waals surface area contributed by atoms with Crippen molar-refractivity contribution in [2.45, 2.75) is 19.8 Å². The number of nitrogens with one attached hydrogen (secondary N) is 1. The number of pyridine rings is 1. The Morgan fingerprint density at radius 2 is 2.06 bits per heavy atom. The van der Waals surface area contributed by atoms with Gasteiger partial charge in [0, 0.05) is 11.5 Å². The molecule has 3 N–H and O–H groups in total.